The molecule has 0 aliphatic heterocycles. The van der Waals surface area contributed by atoms with E-state index >= 15 is 0 Å². The van der Waals surface area contributed by atoms with Crippen LogP contribution in [0, 0.1) is 0 Å². The molecule has 0 radical (unpaired) electrons. The molecule has 0 saturated carbocycles. The second kappa shape index (κ2) is 4.70. The van der Waals surface area contributed by atoms with Gasteiger partial charge in [-0.1, -0.05) is 6.07 Å². The summed E-state index contributed by atoms with van der Waals surface area (Å²) in [6.45, 7) is 0. The Morgan fingerprint density at radius 3 is 2.28 bits per heavy atom. The van der Waals surface area contributed by atoms with E-state index in [4.69, 9.17) is 10.5 Å². The van der Waals surface area contributed by atoms with Crippen LogP contribution in [0.15, 0.2) is 53.4 Å². The molecule has 0 unspecified atom stereocenters. The van der Waals surface area contributed by atoms with Crippen molar-refractivity contribution in [1.82, 2.24) is 0 Å². The zero-order valence-electron chi connectivity index (χ0n) is 9.83. The number of ether oxygens (including phenoxy) is 1. The van der Waals surface area contributed by atoms with Crippen LogP contribution in [0.1, 0.15) is 0 Å². The molecule has 2 rings (SSSR count). The van der Waals surface area contributed by atoms with E-state index in [0.29, 0.717) is 17.2 Å². The monoisotopic (exact) mass is 263 g/mol. The Morgan fingerprint density at radius 1 is 1.00 bits per heavy atom. The minimum Gasteiger partial charge on any atom is -0.457 e. The van der Waals surface area contributed by atoms with Crippen LogP contribution in [0.25, 0.3) is 0 Å². The summed E-state index contributed by atoms with van der Waals surface area (Å²) in [5, 5.41) is 0. The van der Waals surface area contributed by atoms with Crippen molar-refractivity contribution in [3.63, 3.8) is 0 Å². The Kier molecular flexibility index (Phi) is 3.25. The Bertz CT molecular complexity index is 648. The number of rotatable bonds is 3. The maximum Gasteiger partial charge on any atom is 0.175 e. The van der Waals surface area contributed by atoms with E-state index in [0.717, 1.165) is 6.26 Å². The molecule has 2 N–H and O–H groups in total. The minimum absolute atomic E-state index is 0.232. The number of nitrogen functional groups attached to an aromatic ring is 1. The second-order valence-corrected chi connectivity index (χ2v) is 5.93. The van der Waals surface area contributed by atoms with Gasteiger partial charge in [-0.3, -0.25) is 0 Å². The quantitative estimate of drug-likeness (QED) is 0.864. The predicted octanol–water partition coefficient (Wildman–Crippen LogP) is 2.46. The third-order valence-corrected chi connectivity index (χ3v) is 3.46. The SMILES string of the molecule is CS(=O)(=O)c1cccc(Oc2ccc(N)cc2)c1. The molecule has 0 atom stereocenters. The summed E-state index contributed by atoms with van der Waals surface area (Å²) >= 11 is 0. The fraction of sp³-hybridized carbons (Fsp3) is 0.0769. The van der Waals surface area contributed by atoms with Crippen molar-refractivity contribution in [1.29, 1.82) is 0 Å². The molecule has 2 aromatic rings. The molecule has 0 spiro atoms. The molecule has 18 heavy (non-hydrogen) atoms. The highest BCUT2D eigenvalue weighted by Gasteiger charge is 2.08. The van der Waals surface area contributed by atoms with Gasteiger partial charge in [0.05, 0.1) is 4.90 Å². The summed E-state index contributed by atoms with van der Waals surface area (Å²) in [6.07, 6.45) is 1.16. The number of nitrogens with two attached hydrogens (primary N) is 1. The van der Waals surface area contributed by atoms with Gasteiger partial charge < -0.3 is 10.5 Å². The van der Waals surface area contributed by atoms with Gasteiger partial charge in [0.1, 0.15) is 11.5 Å². The van der Waals surface area contributed by atoms with Gasteiger partial charge in [0.2, 0.25) is 0 Å². The predicted molar refractivity (Wildman–Crippen MR) is 70.5 cm³/mol. The van der Waals surface area contributed by atoms with Crippen LogP contribution in [0.4, 0.5) is 5.69 Å². The highest BCUT2D eigenvalue weighted by atomic mass is 32.2. The van der Waals surface area contributed by atoms with E-state index in [1.165, 1.54) is 12.1 Å². The van der Waals surface area contributed by atoms with E-state index < -0.39 is 9.84 Å². The number of benzene rings is 2. The lowest BCUT2D eigenvalue weighted by atomic mass is 10.3. The average molecular weight is 263 g/mol. The van der Waals surface area contributed by atoms with Gasteiger partial charge in [0.15, 0.2) is 9.84 Å². The Hall–Kier alpha value is -2.01. The summed E-state index contributed by atoms with van der Waals surface area (Å²) in [6, 6.07) is 13.3. The van der Waals surface area contributed by atoms with Crippen LogP contribution in [-0.4, -0.2) is 14.7 Å². The molecule has 0 fully saturated rings. The second-order valence-electron chi connectivity index (χ2n) is 3.92. The Morgan fingerprint density at radius 2 is 1.67 bits per heavy atom. The first-order valence-electron chi connectivity index (χ1n) is 5.29. The maximum absolute atomic E-state index is 11.4. The summed E-state index contributed by atoms with van der Waals surface area (Å²) in [4.78, 5) is 0.232. The van der Waals surface area contributed by atoms with Crippen LogP contribution in [-0.2, 0) is 9.84 Å². The summed E-state index contributed by atoms with van der Waals surface area (Å²) < 4.78 is 28.4. The van der Waals surface area contributed by atoms with Gasteiger partial charge in [-0.05, 0) is 42.5 Å². The van der Waals surface area contributed by atoms with Gasteiger partial charge in [0.25, 0.3) is 0 Å². The third kappa shape index (κ3) is 3.01. The number of anilines is 1. The van der Waals surface area contributed by atoms with Crippen molar-refractivity contribution in [2.75, 3.05) is 12.0 Å². The molecule has 0 amide bonds. The van der Waals surface area contributed by atoms with Crippen molar-refractivity contribution in [2.24, 2.45) is 0 Å². The first-order valence-corrected chi connectivity index (χ1v) is 7.18. The Balaban J connectivity index is 2.27. The molecule has 0 saturated heterocycles. The fourth-order valence-electron chi connectivity index (χ4n) is 1.44. The van der Waals surface area contributed by atoms with Crippen LogP contribution >= 0.6 is 0 Å². The Labute approximate surface area is 106 Å². The maximum atomic E-state index is 11.4. The van der Waals surface area contributed by atoms with Gasteiger partial charge >= 0.3 is 0 Å². The van der Waals surface area contributed by atoms with Crippen molar-refractivity contribution in [2.45, 2.75) is 4.90 Å². The van der Waals surface area contributed by atoms with E-state index in [9.17, 15) is 8.42 Å². The third-order valence-electron chi connectivity index (χ3n) is 2.35. The zero-order chi connectivity index (χ0) is 13.2. The van der Waals surface area contributed by atoms with Crippen LogP contribution in [0.5, 0.6) is 11.5 Å². The lowest BCUT2D eigenvalue weighted by Crippen LogP contribution is -1.97. The van der Waals surface area contributed by atoms with Gasteiger partial charge in [-0.25, -0.2) is 8.42 Å². The summed E-state index contributed by atoms with van der Waals surface area (Å²) in [5.41, 5.74) is 6.21. The first kappa shape index (κ1) is 12.4. The minimum atomic E-state index is -3.22. The fourth-order valence-corrected chi connectivity index (χ4v) is 2.10. The molecule has 2 aromatic carbocycles. The van der Waals surface area contributed by atoms with Crippen LogP contribution < -0.4 is 10.5 Å². The highest BCUT2D eigenvalue weighted by molar-refractivity contribution is 7.90. The van der Waals surface area contributed by atoms with Crippen molar-refractivity contribution >= 4 is 15.5 Å². The van der Waals surface area contributed by atoms with Crippen LogP contribution in [0.3, 0.4) is 0 Å². The smallest absolute Gasteiger partial charge is 0.175 e. The van der Waals surface area contributed by atoms with Gasteiger partial charge in [-0.15, -0.1) is 0 Å². The van der Waals surface area contributed by atoms with E-state index in [-0.39, 0.29) is 4.90 Å². The zero-order valence-corrected chi connectivity index (χ0v) is 10.6. The first-order chi connectivity index (χ1) is 8.45. The van der Waals surface area contributed by atoms with Crippen molar-refractivity contribution in [3.8, 4) is 11.5 Å². The molecule has 5 heteroatoms. The van der Waals surface area contributed by atoms with E-state index in [1.807, 2.05) is 0 Å². The topological polar surface area (TPSA) is 69.4 Å². The molecular weight excluding hydrogens is 250 g/mol. The lowest BCUT2D eigenvalue weighted by Gasteiger charge is -2.07. The highest BCUT2D eigenvalue weighted by Crippen LogP contribution is 2.24. The van der Waals surface area contributed by atoms with Gasteiger partial charge in [0, 0.05) is 11.9 Å². The number of hydrogen-bond acceptors (Lipinski definition) is 4. The van der Waals surface area contributed by atoms with E-state index in [1.54, 1.807) is 36.4 Å². The molecule has 0 bridgehead atoms. The molecule has 0 aromatic heterocycles. The van der Waals surface area contributed by atoms with Crippen molar-refractivity contribution < 1.29 is 13.2 Å². The van der Waals surface area contributed by atoms with E-state index in [2.05, 4.69) is 0 Å². The number of hydrogen-bond donors (Lipinski definition) is 1. The molecule has 4 nitrogen and oxygen atoms in total. The molecule has 0 aliphatic carbocycles. The molecular formula is C13H13NO3S. The van der Waals surface area contributed by atoms with Gasteiger partial charge in [-0.2, -0.15) is 0 Å². The normalized spacial score (nSPS) is 11.2. The molecule has 0 aliphatic rings. The molecule has 0 heterocycles. The number of sulfone groups is 1. The summed E-state index contributed by atoms with van der Waals surface area (Å²) in [5.74, 6) is 1.08. The largest absolute Gasteiger partial charge is 0.457 e. The molecule has 94 valence electrons. The summed E-state index contributed by atoms with van der Waals surface area (Å²) in [7, 11) is -3.22. The van der Waals surface area contributed by atoms with Crippen LogP contribution in [0.2, 0.25) is 0 Å². The average Bonchev–Trinajstić information content (AvgIpc) is 2.31. The lowest BCUT2D eigenvalue weighted by molar-refractivity contribution is 0.481. The van der Waals surface area contributed by atoms with Crippen molar-refractivity contribution in [3.05, 3.63) is 48.5 Å². The standard InChI is InChI=1S/C13H13NO3S/c1-18(15,16)13-4-2-3-12(9-13)17-11-7-5-10(14)6-8-11/h2-9H,14H2,1H3.